The first-order valence-electron chi connectivity index (χ1n) is 10.1. The van der Waals surface area contributed by atoms with E-state index in [-0.39, 0.29) is 41.4 Å². The van der Waals surface area contributed by atoms with E-state index in [2.05, 4.69) is 0 Å². The van der Waals surface area contributed by atoms with Crippen LogP contribution in [0.3, 0.4) is 0 Å². The molecule has 2 aromatic carbocycles. The number of carbonyl (C=O) groups is 3. The molecule has 0 spiro atoms. The molecule has 156 valence electrons. The molecule has 5 rings (SSSR count). The Labute approximate surface area is 177 Å². The largest absolute Gasteiger partial charge is 0.273 e. The zero-order valence-corrected chi connectivity index (χ0v) is 16.5. The minimum absolute atomic E-state index is 0.00203. The summed E-state index contributed by atoms with van der Waals surface area (Å²) in [7, 11) is 0. The second-order valence-electron chi connectivity index (χ2n) is 8.14. The van der Waals surface area contributed by atoms with Gasteiger partial charge in [0.15, 0.2) is 0 Å². The molecular weight excluding hydrogens is 398 g/mol. The predicted molar refractivity (Wildman–Crippen MR) is 109 cm³/mol. The third kappa shape index (κ3) is 3.02. The zero-order chi connectivity index (χ0) is 21.7. The molecule has 1 saturated heterocycles. The maximum absolute atomic E-state index is 13.4. The van der Waals surface area contributed by atoms with Crippen LogP contribution in [0.15, 0.2) is 66.7 Å². The molecule has 3 amide bonds. The third-order valence-corrected chi connectivity index (χ3v) is 6.40. The highest BCUT2D eigenvalue weighted by atomic mass is 16.6. The topological polar surface area (TPSA) is 101 Å². The summed E-state index contributed by atoms with van der Waals surface area (Å²) in [6.45, 7) is 0.00203. The Kier molecular flexibility index (Phi) is 4.43. The first-order valence-corrected chi connectivity index (χ1v) is 10.1. The number of nitrogens with zero attached hydrogens (tertiary/aromatic N) is 3. The molecule has 1 saturated carbocycles. The van der Waals surface area contributed by atoms with Gasteiger partial charge in [-0.2, -0.15) is 5.01 Å². The fourth-order valence-electron chi connectivity index (χ4n) is 5.02. The summed E-state index contributed by atoms with van der Waals surface area (Å²) < 4.78 is 0. The van der Waals surface area contributed by atoms with E-state index in [1.807, 2.05) is 18.2 Å². The molecule has 1 aliphatic heterocycles. The lowest BCUT2D eigenvalue weighted by atomic mass is 9.85. The van der Waals surface area contributed by atoms with Gasteiger partial charge in [-0.3, -0.25) is 24.5 Å². The summed E-state index contributed by atoms with van der Waals surface area (Å²) in [4.78, 5) is 50.6. The molecule has 8 heteroatoms. The predicted octanol–water partition coefficient (Wildman–Crippen LogP) is 2.96. The number of hydrogen-bond acceptors (Lipinski definition) is 5. The lowest BCUT2D eigenvalue weighted by molar-refractivity contribution is -0.384. The second kappa shape index (κ2) is 7.16. The molecule has 0 radical (unpaired) electrons. The van der Waals surface area contributed by atoms with Crippen LogP contribution < -0.4 is 0 Å². The van der Waals surface area contributed by atoms with Crippen LogP contribution in [0.25, 0.3) is 0 Å². The number of hydrazine groups is 1. The van der Waals surface area contributed by atoms with Gasteiger partial charge in [-0.1, -0.05) is 48.6 Å². The van der Waals surface area contributed by atoms with Crippen molar-refractivity contribution in [3.8, 4) is 0 Å². The summed E-state index contributed by atoms with van der Waals surface area (Å²) in [6.07, 6.45) is 4.77. The van der Waals surface area contributed by atoms with Gasteiger partial charge in [-0.25, -0.2) is 5.01 Å². The van der Waals surface area contributed by atoms with Crippen LogP contribution in [0.2, 0.25) is 0 Å². The molecule has 1 heterocycles. The van der Waals surface area contributed by atoms with Crippen molar-refractivity contribution in [1.29, 1.82) is 0 Å². The molecule has 2 fully saturated rings. The molecular formula is C23H19N3O5. The quantitative estimate of drug-likeness (QED) is 0.322. The summed E-state index contributed by atoms with van der Waals surface area (Å²) >= 11 is 0. The normalized spacial score (nSPS) is 25.7. The standard InChI is InChI=1S/C23H19N3O5/c27-21(17-7-4-8-18(12-17)26(30)31)24(13-14-5-2-1-3-6-14)25-22(28)19-15-9-10-16(11-15)20(19)23(25)29/h1-10,12,15-16,19-20H,11,13H2/t15-,16-,19+,20+/m0/s1. The lowest BCUT2D eigenvalue weighted by Crippen LogP contribution is -2.50. The summed E-state index contributed by atoms with van der Waals surface area (Å²) in [5.41, 5.74) is 0.549. The SMILES string of the molecule is O=C(c1cccc([N+](=O)[O-])c1)N(Cc1ccccc1)N1C(=O)[C@H]2[C@H](C1=O)[C@H]1C=C[C@H]2C1. The molecule has 0 unspecified atom stereocenters. The van der Waals surface area contributed by atoms with Crippen LogP contribution in [0.1, 0.15) is 22.3 Å². The van der Waals surface area contributed by atoms with E-state index in [1.165, 1.54) is 18.2 Å². The van der Waals surface area contributed by atoms with Gasteiger partial charge >= 0.3 is 0 Å². The summed E-state index contributed by atoms with van der Waals surface area (Å²) in [6, 6.07) is 14.3. The van der Waals surface area contributed by atoms with Crippen molar-refractivity contribution in [3.05, 3.63) is 88.0 Å². The van der Waals surface area contributed by atoms with Gasteiger partial charge in [0.05, 0.1) is 23.3 Å². The van der Waals surface area contributed by atoms with Gasteiger partial charge in [0.2, 0.25) is 0 Å². The van der Waals surface area contributed by atoms with Crippen LogP contribution in [0.4, 0.5) is 5.69 Å². The second-order valence-corrected chi connectivity index (χ2v) is 8.14. The Morgan fingerprint density at radius 2 is 1.65 bits per heavy atom. The van der Waals surface area contributed by atoms with Crippen molar-refractivity contribution >= 4 is 23.4 Å². The number of rotatable bonds is 5. The van der Waals surface area contributed by atoms with Gasteiger partial charge in [0, 0.05) is 17.7 Å². The number of nitro groups is 1. The molecule has 0 aromatic heterocycles. The molecule has 0 N–H and O–H groups in total. The molecule has 31 heavy (non-hydrogen) atoms. The molecule has 2 aromatic rings. The van der Waals surface area contributed by atoms with Crippen LogP contribution >= 0.6 is 0 Å². The van der Waals surface area contributed by atoms with Crippen LogP contribution in [-0.4, -0.2) is 32.7 Å². The van der Waals surface area contributed by atoms with Crippen LogP contribution in [-0.2, 0) is 16.1 Å². The van der Waals surface area contributed by atoms with Crippen molar-refractivity contribution < 1.29 is 19.3 Å². The van der Waals surface area contributed by atoms with E-state index in [0.717, 1.165) is 28.1 Å². The third-order valence-electron chi connectivity index (χ3n) is 6.40. The minimum Gasteiger partial charge on any atom is -0.272 e. The molecule has 2 bridgehead atoms. The summed E-state index contributed by atoms with van der Waals surface area (Å²) in [5, 5.41) is 13.3. The maximum Gasteiger partial charge on any atom is 0.273 e. The van der Waals surface area contributed by atoms with Crippen molar-refractivity contribution in [2.24, 2.45) is 23.7 Å². The maximum atomic E-state index is 13.4. The van der Waals surface area contributed by atoms with E-state index in [1.54, 1.807) is 24.3 Å². The Bertz CT molecular complexity index is 1100. The fourth-order valence-corrected chi connectivity index (χ4v) is 5.02. The van der Waals surface area contributed by atoms with Crippen LogP contribution in [0.5, 0.6) is 0 Å². The van der Waals surface area contributed by atoms with Gasteiger partial charge in [0.25, 0.3) is 23.4 Å². The Morgan fingerprint density at radius 1 is 1.00 bits per heavy atom. The molecule has 3 aliphatic rings. The number of non-ortho nitro benzene ring substituents is 1. The van der Waals surface area contributed by atoms with Gasteiger partial charge < -0.3 is 0 Å². The molecule has 4 atom stereocenters. The highest BCUT2D eigenvalue weighted by Gasteiger charge is 2.61. The Hall–Kier alpha value is -3.81. The van der Waals surface area contributed by atoms with Gasteiger partial charge in [-0.15, -0.1) is 0 Å². The number of hydrogen-bond donors (Lipinski definition) is 0. The number of nitro benzene ring substituents is 1. The van der Waals surface area contributed by atoms with Crippen molar-refractivity contribution in [3.63, 3.8) is 0 Å². The minimum atomic E-state index is -0.630. The lowest BCUT2D eigenvalue weighted by Gasteiger charge is -2.31. The zero-order valence-electron chi connectivity index (χ0n) is 16.5. The first kappa shape index (κ1) is 19.2. The number of allylic oxidation sites excluding steroid dienone is 2. The number of benzene rings is 2. The smallest absolute Gasteiger partial charge is 0.272 e. The van der Waals surface area contributed by atoms with Crippen molar-refractivity contribution in [1.82, 2.24) is 10.0 Å². The average molecular weight is 417 g/mol. The first-order chi connectivity index (χ1) is 15.0. The van der Waals surface area contributed by atoms with E-state index < -0.39 is 22.7 Å². The van der Waals surface area contributed by atoms with E-state index in [4.69, 9.17) is 0 Å². The number of imide groups is 1. The monoisotopic (exact) mass is 417 g/mol. The number of amides is 3. The van der Waals surface area contributed by atoms with E-state index in [9.17, 15) is 24.5 Å². The molecule has 2 aliphatic carbocycles. The summed E-state index contributed by atoms with van der Waals surface area (Å²) in [5.74, 6) is -2.24. The van der Waals surface area contributed by atoms with Gasteiger partial charge in [-0.05, 0) is 29.9 Å². The van der Waals surface area contributed by atoms with Crippen molar-refractivity contribution in [2.45, 2.75) is 13.0 Å². The van der Waals surface area contributed by atoms with Gasteiger partial charge in [0.1, 0.15) is 0 Å². The fraction of sp³-hybridized carbons (Fsp3) is 0.261. The number of fused-ring (bicyclic) bond motifs is 5. The highest BCUT2D eigenvalue weighted by Crippen LogP contribution is 2.52. The Morgan fingerprint density at radius 3 is 2.26 bits per heavy atom. The highest BCUT2D eigenvalue weighted by molar-refractivity contribution is 6.08. The Balaban J connectivity index is 1.53. The van der Waals surface area contributed by atoms with Crippen molar-refractivity contribution in [2.75, 3.05) is 0 Å². The van der Waals surface area contributed by atoms with Crippen LogP contribution in [0, 0.1) is 33.8 Å². The van der Waals surface area contributed by atoms with E-state index >= 15 is 0 Å². The average Bonchev–Trinajstić information content (AvgIpc) is 3.46. The molecule has 8 nitrogen and oxygen atoms in total. The van der Waals surface area contributed by atoms with E-state index in [0.29, 0.717) is 0 Å². The number of carbonyl (C=O) groups excluding carboxylic acids is 3.